The van der Waals surface area contributed by atoms with Crippen LogP contribution < -0.4 is 5.73 Å². The second kappa shape index (κ2) is 14.3. The van der Waals surface area contributed by atoms with Gasteiger partial charge in [0, 0.05) is 34.2 Å². The number of carboxylic acid groups (broad SMARTS) is 2. The van der Waals surface area contributed by atoms with E-state index in [4.69, 9.17) is 33.8 Å². The number of carbonyl (C=O) groups excluding carboxylic acids is 2. The number of thiazole rings is 1. The van der Waals surface area contributed by atoms with Crippen LogP contribution >= 0.6 is 46.3 Å². The maximum Gasteiger partial charge on any atom is 0.352 e. The quantitative estimate of drug-likeness (QED) is 0.0524. The summed E-state index contributed by atoms with van der Waals surface area (Å²) in [4.78, 5) is 61.3. The van der Waals surface area contributed by atoms with Crippen molar-refractivity contribution >= 4 is 86.8 Å². The monoisotopic (exact) mass is 802 g/mol. The molecule has 1 saturated heterocycles. The highest BCUT2D eigenvalue weighted by molar-refractivity contribution is 8.00. The topological polar surface area (TPSA) is 213 Å². The van der Waals surface area contributed by atoms with Crippen LogP contribution in [0.5, 0.6) is 11.5 Å². The second-order valence-corrected chi connectivity index (χ2v) is 16.4. The number of halogens is 2. The number of carboxylic acids is 2. The van der Waals surface area contributed by atoms with Gasteiger partial charge in [-0.05, 0) is 25.0 Å². The number of amides is 1. The van der Waals surface area contributed by atoms with Gasteiger partial charge in [-0.15, -0.1) is 23.1 Å². The van der Waals surface area contributed by atoms with Gasteiger partial charge in [0.25, 0.3) is 0 Å². The first-order valence-corrected chi connectivity index (χ1v) is 18.8. The Morgan fingerprint density at radius 2 is 1.72 bits per heavy atom. The Morgan fingerprint density at radius 3 is 2.26 bits per heavy atom. The van der Waals surface area contributed by atoms with Crippen molar-refractivity contribution in [1.29, 1.82) is 0 Å². The van der Waals surface area contributed by atoms with Crippen molar-refractivity contribution < 1.29 is 48.9 Å². The van der Waals surface area contributed by atoms with Crippen LogP contribution in [0.3, 0.4) is 0 Å². The molecule has 53 heavy (non-hydrogen) atoms. The van der Waals surface area contributed by atoms with E-state index in [9.17, 15) is 39.6 Å². The van der Waals surface area contributed by atoms with Gasteiger partial charge < -0.3 is 35.5 Å². The number of carbonyl (C=O) groups is 4. The van der Waals surface area contributed by atoms with E-state index >= 15 is 0 Å². The molecule has 3 aliphatic heterocycles. The predicted molar refractivity (Wildman–Crippen MR) is 199 cm³/mol. The smallest absolute Gasteiger partial charge is 0.352 e. The molecule has 2 atom stereocenters. The number of nitrogens with zero attached hydrogens (tertiary/aromatic N) is 4. The molecule has 3 aromatic rings. The molecule has 4 heterocycles. The highest BCUT2D eigenvalue weighted by atomic mass is 35.5. The number of ketones is 1. The number of aliphatic carboxylic acids is 2. The third-order valence-electron chi connectivity index (χ3n) is 9.26. The highest BCUT2D eigenvalue weighted by Gasteiger charge is 2.54. The fraction of sp³-hybridized carbons (Fsp3) is 0.314. The third-order valence-corrected chi connectivity index (χ3v) is 12.1. The predicted octanol–water partition coefficient (Wildman–Crippen LogP) is 5.23. The fourth-order valence-corrected chi connectivity index (χ4v) is 8.89. The number of rotatable bonds is 12. The van der Waals surface area contributed by atoms with E-state index in [2.05, 4.69) is 10.1 Å². The van der Waals surface area contributed by atoms with Gasteiger partial charge in [-0.2, -0.15) is 0 Å². The summed E-state index contributed by atoms with van der Waals surface area (Å²) in [7, 11) is 2.03. The van der Waals surface area contributed by atoms with Gasteiger partial charge in [0.1, 0.15) is 31.0 Å². The number of anilines is 1. The number of β-lactam (4-membered cyclic amide) rings is 1. The SMILES string of the molecule is CC(C)(O/N=C(\C(=O)C[C@@H]1C(=O)N2C(C(=O)O)=C(/C=C\c3ccc(C[N+]4(C)Cc5c(Cl)c(O)c(O)c(Cl)c5C4)cc3)CS[C@H]12)c1csc(N)n1)C(=O)O. The molecule has 14 nitrogen and oxygen atoms in total. The lowest BCUT2D eigenvalue weighted by molar-refractivity contribution is -0.941. The number of phenols is 2. The van der Waals surface area contributed by atoms with E-state index < -0.39 is 52.0 Å². The number of nitrogens with two attached hydrogens (primary N) is 1. The number of aromatic hydroxyl groups is 2. The number of phenolic OH excluding ortho intramolecular Hbond substituents is 2. The Morgan fingerprint density at radius 1 is 1.09 bits per heavy atom. The van der Waals surface area contributed by atoms with E-state index in [-0.39, 0.29) is 44.5 Å². The zero-order valence-electron chi connectivity index (χ0n) is 28.5. The number of Topliss-reactive ketones (excluding diaryl/α,β-unsaturated/α-hetero) is 1. The van der Waals surface area contributed by atoms with E-state index in [1.165, 1.54) is 35.9 Å². The summed E-state index contributed by atoms with van der Waals surface area (Å²) in [5.41, 5.74) is 7.24. The number of benzene rings is 2. The molecule has 1 amide bonds. The van der Waals surface area contributed by atoms with Crippen molar-refractivity contribution in [3.05, 3.63) is 85.0 Å². The van der Waals surface area contributed by atoms with Crippen LogP contribution in [0.2, 0.25) is 10.0 Å². The summed E-state index contributed by atoms with van der Waals surface area (Å²) in [6.45, 7) is 4.14. The summed E-state index contributed by atoms with van der Waals surface area (Å²) in [5.74, 6) is -5.21. The molecule has 1 aromatic heterocycles. The number of quaternary nitrogens is 1. The second-order valence-electron chi connectivity index (χ2n) is 13.7. The summed E-state index contributed by atoms with van der Waals surface area (Å²) < 4.78 is 0.515. The minimum atomic E-state index is -1.76. The molecule has 0 aliphatic carbocycles. The molecule has 0 radical (unpaired) electrons. The van der Waals surface area contributed by atoms with E-state index in [1.54, 1.807) is 12.2 Å². The van der Waals surface area contributed by atoms with Crippen LogP contribution in [0.25, 0.3) is 6.08 Å². The van der Waals surface area contributed by atoms with Gasteiger partial charge in [-0.1, -0.05) is 64.8 Å². The first kappa shape index (κ1) is 38.1. The Bertz CT molecular complexity index is 2110. The van der Waals surface area contributed by atoms with Gasteiger partial charge in [-0.3, -0.25) is 14.5 Å². The average Bonchev–Trinajstić information content (AvgIpc) is 3.70. The van der Waals surface area contributed by atoms with Gasteiger partial charge in [0.05, 0.1) is 28.4 Å². The molecule has 2 aromatic carbocycles. The van der Waals surface area contributed by atoms with Crippen LogP contribution in [0.1, 0.15) is 48.2 Å². The number of thioether (sulfide) groups is 1. The molecule has 278 valence electrons. The largest absolute Gasteiger partial charge is 0.503 e. The number of allylic oxidation sites excluding steroid dienone is 1. The minimum absolute atomic E-state index is 0.0692. The number of hydrogen-bond acceptors (Lipinski definition) is 12. The van der Waals surface area contributed by atoms with Gasteiger partial charge in [-0.25, -0.2) is 14.6 Å². The molecular formula is C35H34Cl2N5O9S2+. The maximum atomic E-state index is 13.5. The average molecular weight is 804 g/mol. The Kier molecular flexibility index (Phi) is 10.3. The lowest BCUT2D eigenvalue weighted by Gasteiger charge is -2.49. The van der Waals surface area contributed by atoms with Crippen LogP contribution in [0.4, 0.5) is 5.13 Å². The first-order valence-electron chi connectivity index (χ1n) is 16.1. The van der Waals surface area contributed by atoms with Crippen LogP contribution in [-0.4, -0.2) is 87.9 Å². The number of nitrogen functional groups attached to an aromatic ring is 1. The van der Waals surface area contributed by atoms with Crippen molar-refractivity contribution in [2.45, 2.75) is 50.9 Å². The Hall–Kier alpha value is -4.61. The number of oxime groups is 1. The lowest BCUT2D eigenvalue weighted by atomic mass is 9.89. The van der Waals surface area contributed by atoms with Crippen LogP contribution in [0, 0.1) is 5.92 Å². The number of aromatic nitrogens is 1. The molecule has 0 bridgehead atoms. The number of hydrogen-bond donors (Lipinski definition) is 5. The molecule has 6 N–H and O–H groups in total. The molecule has 0 unspecified atom stereocenters. The summed E-state index contributed by atoms with van der Waals surface area (Å²) in [6.07, 6.45) is 3.10. The minimum Gasteiger partial charge on any atom is -0.503 e. The van der Waals surface area contributed by atoms with Gasteiger partial charge in [0.15, 0.2) is 28.1 Å². The molecular weight excluding hydrogens is 769 g/mol. The van der Waals surface area contributed by atoms with Crippen molar-refractivity contribution in [3.8, 4) is 11.5 Å². The van der Waals surface area contributed by atoms with Gasteiger partial charge in [0.2, 0.25) is 11.5 Å². The van der Waals surface area contributed by atoms with Gasteiger partial charge >= 0.3 is 11.9 Å². The standard InChI is InChI=1S/C35H33Cl2N5O9S2/c1-35(2,33(49)50)51-40-26(22-15-53-34(38)39-22)23(43)10-19-30(46)41-27(32(47)48)18(14-52-31(19)41)9-8-16-4-6-17(7-5-16)11-42(3)12-20-21(13-42)25(37)29(45)28(44)24(20)36/h4-9,15,19,31H,10-14H2,1-3H3,(H5-,38,39,40,43,44,45,47,48,49,50)/p+1/b9-8-/t19-,31-/m1/s1. The normalized spacial score (nSPS) is 19.6. The zero-order chi connectivity index (χ0) is 38.6. The van der Waals surface area contributed by atoms with E-state index in [0.717, 1.165) is 22.5 Å². The van der Waals surface area contributed by atoms with Crippen molar-refractivity contribution in [3.63, 3.8) is 0 Å². The summed E-state index contributed by atoms with van der Waals surface area (Å²) >= 11 is 15.0. The Balaban J connectivity index is 1.14. The van der Waals surface area contributed by atoms with Crippen molar-refractivity contribution in [2.75, 3.05) is 18.5 Å². The molecule has 0 saturated carbocycles. The van der Waals surface area contributed by atoms with Crippen LogP contribution in [0.15, 0.2) is 52.1 Å². The highest BCUT2D eigenvalue weighted by Crippen LogP contribution is 2.49. The summed E-state index contributed by atoms with van der Waals surface area (Å²) in [5, 5.41) is 44.8. The molecule has 1 fully saturated rings. The fourth-order valence-electron chi connectivity index (χ4n) is 6.43. The van der Waals surface area contributed by atoms with Crippen molar-refractivity contribution in [1.82, 2.24) is 9.88 Å². The summed E-state index contributed by atoms with van der Waals surface area (Å²) in [6, 6.07) is 7.69. The van der Waals surface area contributed by atoms with E-state index in [0.29, 0.717) is 40.8 Å². The zero-order valence-corrected chi connectivity index (χ0v) is 31.6. The molecule has 18 heteroatoms. The Labute approximate surface area is 321 Å². The number of fused-ring (bicyclic) bond motifs is 2. The third kappa shape index (κ3) is 7.33. The van der Waals surface area contributed by atoms with Crippen molar-refractivity contribution in [2.24, 2.45) is 11.1 Å². The molecule has 3 aliphatic rings. The van der Waals surface area contributed by atoms with E-state index in [1.807, 2.05) is 31.3 Å². The molecule has 6 rings (SSSR count). The maximum absolute atomic E-state index is 13.5. The molecule has 0 spiro atoms. The lowest BCUT2D eigenvalue weighted by Crippen LogP contribution is -2.62. The first-order chi connectivity index (χ1) is 24.9. The van der Waals surface area contributed by atoms with Crippen LogP contribution in [-0.2, 0) is 43.7 Å².